The van der Waals surface area contributed by atoms with E-state index in [2.05, 4.69) is 22.1 Å². The van der Waals surface area contributed by atoms with E-state index < -0.39 is 0 Å². The lowest BCUT2D eigenvalue weighted by atomic mass is 10.1. The van der Waals surface area contributed by atoms with Gasteiger partial charge in [-0.15, -0.1) is 36.2 Å². The third kappa shape index (κ3) is 6.52. The molecule has 6 nitrogen and oxygen atoms in total. The number of aromatic nitrogens is 1. The average Bonchev–Trinajstić information content (AvgIpc) is 2.96. The van der Waals surface area contributed by atoms with Crippen LogP contribution in [0.3, 0.4) is 0 Å². The number of nitrogens with one attached hydrogen (secondary N) is 1. The highest BCUT2D eigenvalue weighted by molar-refractivity contribution is 7.09. The number of amides is 1. The predicted octanol–water partition coefficient (Wildman–Crippen LogP) is 1.33. The van der Waals surface area contributed by atoms with Gasteiger partial charge < -0.3 is 15.8 Å². The Kier molecular flexibility index (Phi) is 11.0. The molecule has 134 valence electrons. The van der Waals surface area contributed by atoms with Gasteiger partial charge in [0.2, 0.25) is 0 Å². The Balaban J connectivity index is 0.00000242. The molecule has 2 unspecified atom stereocenters. The van der Waals surface area contributed by atoms with Gasteiger partial charge in [-0.25, -0.2) is 4.98 Å². The third-order valence-electron chi connectivity index (χ3n) is 3.85. The van der Waals surface area contributed by atoms with Crippen molar-refractivity contribution in [2.45, 2.75) is 32.4 Å². The SMILES string of the molecule is CC(NC(=O)c1csc(CCN)n1)C(C)N1CCOCC1.Cl.Cl. The first kappa shape index (κ1) is 22.6. The molecule has 2 heterocycles. The summed E-state index contributed by atoms with van der Waals surface area (Å²) in [6.45, 7) is 8.08. The lowest BCUT2D eigenvalue weighted by Crippen LogP contribution is -2.52. The highest BCUT2D eigenvalue weighted by atomic mass is 35.5. The molecule has 0 aromatic carbocycles. The minimum absolute atomic E-state index is 0. The fourth-order valence-corrected chi connectivity index (χ4v) is 3.15. The summed E-state index contributed by atoms with van der Waals surface area (Å²) >= 11 is 1.49. The number of rotatable bonds is 6. The van der Waals surface area contributed by atoms with Crippen molar-refractivity contribution in [2.24, 2.45) is 5.73 Å². The Labute approximate surface area is 154 Å². The number of ether oxygens (including phenoxy) is 1. The van der Waals surface area contributed by atoms with Gasteiger partial charge in [0.05, 0.1) is 18.2 Å². The van der Waals surface area contributed by atoms with E-state index in [0.717, 1.165) is 37.7 Å². The number of nitrogens with two attached hydrogens (primary N) is 1. The molecule has 1 aliphatic rings. The molecule has 0 bridgehead atoms. The summed E-state index contributed by atoms with van der Waals surface area (Å²) < 4.78 is 5.36. The summed E-state index contributed by atoms with van der Waals surface area (Å²) in [5, 5.41) is 5.75. The fraction of sp³-hybridized carbons (Fsp3) is 0.714. The van der Waals surface area contributed by atoms with Crippen LogP contribution in [0, 0.1) is 0 Å². The van der Waals surface area contributed by atoms with Crippen molar-refractivity contribution in [2.75, 3.05) is 32.8 Å². The van der Waals surface area contributed by atoms with Crippen molar-refractivity contribution < 1.29 is 9.53 Å². The monoisotopic (exact) mass is 384 g/mol. The highest BCUT2D eigenvalue weighted by Crippen LogP contribution is 2.12. The van der Waals surface area contributed by atoms with E-state index in [4.69, 9.17) is 10.5 Å². The molecule has 1 aromatic heterocycles. The summed E-state index contributed by atoms with van der Waals surface area (Å²) in [7, 11) is 0. The average molecular weight is 385 g/mol. The van der Waals surface area contributed by atoms with Gasteiger partial charge in [-0.3, -0.25) is 9.69 Å². The molecule has 2 atom stereocenters. The van der Waals surface area contributed by atoms with E-state index >= 15 is 0 Å². The Morgan fingerprint density at radius 3 is 2.70 bits per heavy atom. The molecule has 1 saturated heterocycles. The van der Waals surface area contributed by atoms with Gasteiger partial charge in [0.15, 0.2) is 0 Å². The molecule has 0 spiro atoms. The molecule has 1 aliphatic heterocycles. The Bertz CT molecular complexity index is 469. The number of hydrogen-bond donors (Lipinski definition) is 2. The molecule has 23 heavy (non-hydrogen) atoms. The maximum Gasteiger partial charge on any atom is 0.271 e. The fourth-order valence-electron chi connectivity index (χ4n) is 2.36. The zero-order valence-electron chi connectivity index (χ0n) is 13.5. The number of carbonyl (C=O) groups excluding carboxylic acids is 1. The number of carbonyl (C=O) groups is 1. The molecule has 2 rings (SSSR count). The van der Waals surface area contributed by atoms with Crippen LogP contribution in [0.2, 0.25) is 0 Å². The number of hydrogen-bond acceptors (Lipinski definition) is 6. The van der Waals surface area contributed by atoms with Crippen molar-refractivity contribution >= 4 is 42.1 Å². The summed E-state index contributed by atoms with van der Waals surface area (Å²) in [6, 6.07) is 0.343. The van der Waals surface area contributed by atoms with Gasteiger partial charge in [-0.1, -0.05) is 0 Å². The van der Waals surface area contributed by atoms with Crippen molar-refractivity contribution in [1.82, 2.24) is 15.2 Å². The second-order valence-electron chi connectivity index (χ2n) is 5.32. The molecule has 1 aromatic rings. The largest absolute Gasteiger partial charge is 0.379 e. The van der Waals surface area contributed by atoms with Crippen molar-refractivity contribution in [3.63, 3.8) is 0 Å². The molecule has 0 radical (unpaired) electrons. The molecular formula is C14H26Cl2N4O2S. The van der Waals surface area contributed by atoms with E-state index in [-0.39, 0.29) is 42.8 Å². The van der Waals surface area contributed by atoms with Crippen LogP contribution in [0.5, 0.6) is 0 Å². The van der Waals surface area contributed by atoms with Gasteiger partial charge in [-0.2, -0.15) is 0 Å². The summed E-state index contributed by atoms with van der Waals surface area (Å²) in [6.07, 6.45) is 0.720. The van der Waals surface area contributed by atoms with E-state index in [0.29, 0.717) is 12.2 Å². The number of halogens is 2. The van der Waals surface area contributed by atoms with Crippen LogP contribution >= 0.6 is 36.2 Å². The maximum absolute atomic E-state index is 12.2. The van der Waals surface area contributed by atoms with Crippen LogP contribution < -0.4 is 11.1 Å². The van der Waals surface area contributed by atoms with Gasteiger partial charge in [-0.05, 0) is 20.4 Å². The quantitative estimate of drug-likeness (QED) is 0.772. The molecule has 0 aliphatic carbocycles. The standard InChI is InChI=1S/C14H24N4O2S.2ClH/c1-10(11(2)18-5-7-20-8-6-18)16-14(19)12-9-21-13(17-12)3-4-15;;/h9-11H,3-8,15H2,1-2H3,(H,16,19);2*1H. The number of morpholine rings is 1. The highest BCUT2D eigenvalue weighted by Gasteiger charge is 2.24. The second kappa shape index (κ2) is 11.2. The van der Waals surface area contributed by atoms with Gasteiger partial charge in [0, 0.05) is 37.0 Å². The number of thiazole rings is 1. The van der Waals surface area contributed by atoms with Gasteiger partial charge in [0.1, 0.15) is 5.69 Å². The van der Waals surface area contributed by atoms with E-state index in [1.54, 1.807) is 5.38 Å². The van der Waals surface area contributed by atoms with E-state index in [1.165, 1.54) is 11.3 Å². The first-order chi connectivity index (χ1) is 10.1. The van der Waals surface area contributed by atoms with Crippen LogP contribution in [-0.2, 0) is 11.2 Å². The van der Waals surface area contributed by atoms with Gasteiger partial charge in [0.25, 0.3) is 5.91 Å². The lowest BCUT2D eigenvalue weighted by Gasteiger charge is -2.35. The van der Waals surface area contributed by atoms with Crippen LogP contribution in [0.15, 0.2) is 5.38 Å². The van der Waals surface area contributed by atoms with Crippen molar-refractivity contribution in [3.8, 4) is 0 Å². The molecule has 1 amide bonds. The Morgan fingerprint density at radius 2 is 2.09 bits per heavy atom. The van der Waals surface area contributed by atoms with Crippen LogP contribution in [-0.4, -0.2) is 60.7 Å². The predicted molar refractivity (Wildman–Crippen MR) is 98.2 cm³/mol. The summed E-state index contributed by atoms with van der Waals surface area (Å²) in [5.41, 5.74) is 5.99. The van der Waals surface area contributed by atoms with Gasteiger partial charge >= 0.3 is 0 Å². The van der Waals surface area contributed by atoms with Crippen LogP contribution in [0.1, 0.15) is 29.3 Å². The molecular weight excluding hydrogens is 359 g/mol. The smallest absolute Gasteiger partial charge is 0.271 e. The molecule has 9 heteroatoms. The van der Waals surface area contributed by atoms with E-state index in [1.807, 2.05) is 6.92 Å². The third-order valence-corrected chi connectivity index (χ3v) is 4.76. The second-order valence-corrected chi connectivity index (χ2v) is 6.26. The molecule has 0 saturated carbocycles. The van der Waals surface area contributed by atoms with Crippen LogP contribution in [0.25, 0.3) is 0 Å². The molecule has 3 N–H and O–H groups in total. The minimum Gasteiger partial charge on any atom is -0.379 e. The molecule has 1 fully saturated rings. The Morgan fingerprint density at radius 1 is 1.43 bits per heavy atom. The van der Waals surface area contributed by atoms with Crippen molar-refractivity contribution in [3.05, 3.63) is 16.1 Å². The van der Waals surface area contributed by atoms with Crippen molar-refractivity contribution in [1.29, 1.82) is 0 Å². The summed E-state index contributed by atoms with van der Waals surface area (Å²) in [5.74, 6) is -0.109. The Hall–Kier alpha value is -0.440. The van der Waals surface area contributed by atoms with Crippen LogP contribution in [0.4, 0.5) is 0 Å². The zero-order valence-corrected chi connectivity index (χ0v) is 15.9. The first-order valence-corrected chi connectivity index (χ1v) is 8.27. The number of nitrogens with zero attached hydrogens (tertiary/aromatic N) is 2. The zero-order chi connectivity index (χ0) is 15.2. The van der Waals surface area contributed by atoms with E-state index in [9.17, 15) is 4.79 Å². The lowest BCUT2D eigenvalue weighted by molar-refractivity contribution is 0.0137. The topological polar surface area (TPSA) is 80.5 Å². The normalized spacial score (nSPS) is 17.5. The summed E-state index contributed by atoms with van der Waals surface area (Å²) in [4.78, 5) is 18.9. The maximum atomic E-state index is 12.2. The minimum atomic E-state index is -0.109. The first-order valence-electron chi connectivity index (χ1n) is 7.39.